The fourth-order valence-corrected chi connectivity index (χ4v) is 2.83. The zero-order valence-corrected chi connectivity index (χ0v) is 16.4. The molecule has 4 nitrogen and oxygen atoms in total. The maximum Gasteiger partial charge on any atom is 0.294 e. The Morgan fingerprint density at radius 2 is 1.04 bits per heavy atom. The average Bonchev–Trinajstić information content (AvgIpc) is 2.54. The summed E-state index contributed by atoms with van der Waals surface area (Å²) in [7, 11) is -4.00. The molecular weight excluding hydrogens is 322 g/mol. The van der Waals surface area contributed by atoms with Gasteiger partial charge in [0.1, 0.15) is 0 Å². The highest BCUT2D eigenvalue weighted by molar-refractivity contribution is 7.85. The Balaban J connectivity index is 0. The lowest BCUT2D eigenvalue weighted by molar-refractivity contribution is 0.483. The molecule has 0 amide bonds. The Morgan fingerprint density at radius 3 is 1.29 bits per heavy atom. The largest absolute Gasteiger partial charge is 0.344 e. The van der Waals surface area contributed by atoms with E-state index in [2.05, 4.69) is 13.8 Å². The fourth-order valence-electron chi connectivity index (χ4n) is 2.33. The van der Waals surface area contributed by atoms with E-state index in [1.807, 2.05) is 0 Å². The van der Waals surface area contributed by atoms with Gasteiger partial charge >= 0.3 is 0 Å². The molecule has 0 aliphatic rings. The molecule has 0 aliphatic heterocycles. The van der Waals surface area contributed by atoms with Crippen molar-refractivity contribution in [1.29, 1.82) is 0 Å². The summed E-state index contributed by atoms with van der Waals surface area (Å²) in [4.78, 5) is -0.0741. The van der Waals surface area contributed by atoms with Crippen molar-refractivity contribution >= 4 is 10.1 Å². The first-order valence-corrected chi connectivity index (χ1v) is 10.5. The van der Waals surface area contributed by atoms with Crippen LogP contribution >= 0.6 is 0 Å². The van der Waals surface area contributed by atoms with Crippen molar-refractivity contribution in [3.05, 3.63) is 30.3 Å². The quantitative estimate of drug-likeness (QED) is 0.353. The molecule has 5 heteroatoms. The van der Waals surface area contributed by atoms with E-state index >= 15 is 0 Å². The summed E-state index contributed by atoms with van der Waals surface area (Å²) >= 11 is 0. The van der Waals surface area contributed by atoms with Crippen LogP contribution in [-0.4, -0.2) is 13.0 Å². The Labute approximate surface area is 149 Å². The lowest BCUT2D eigenvalue weighted by Gasteiger charge is -2.00. The molecule has 0 saturated heterocycles. The predicted octanol–water partition coefficient (Wildman–Crippen LogP) is 6.41. The molecule has 4 N–H and O–H groups in total. The van der Waals surface area contributed by atoms with Crippen LogP contribution in [-0.2, 0) is 10.1 Å². The summed E-state index contributed by atoms with van der Waals surface area (Å²) in [5.74, 6) is 0. The van der Waals surface area contributed by atoms with Crippen LogP contribution < -0.4 is 6.15 Å². The third-order valence-corrected chi connectivity index (χ3v) is 4.62. The van der Waals surface area contributed by atoms with Gasteiger partial charge in [-0.2, -0.15) is 8.42 Å². The van der Waals surface area contributed by atoms with Gasteiger partial charge < -0.3 is 6.15 Å². The monoisotopic (exact) mass is 359 g/mol. The normalized spacial score (nSPS) is 10.5. The van der Waals surface area contributed by atoms with E-state index < -0.39 is 10.1 Å². The summed E-state index contributed by atoms with van der Waals surface area (Å²) in [5.41, 5.74) is 0. The van der Waals surface area contributed by atoms with Crippen LogP contribution in [0.3, 0.4) is 0 Å². The van der Waals surface area contributed by atoms with Crippen LogP contribution in [0, 0.1) is 0 Å². The van der Waals surface area contributed by atoms with Crippen LogP contribution in [0.5, 0.6) is 0 Å². The highest BCUT2D eigenvalue weighted by atomic mass is 32.2. The van der Waals surface area contributed by atoms with Gasteiger partial charge in [-0.3, -0.25) is 4.55 Å². The maximum absolute atomic E-state index is 10.4. The first kappa shape index (κ1) is 25.3. The molecule has 0 fully saturated rings. The Hall–Kier alpha value is -0.910. The highest BCUT2D eigenvalue weighted by Crippen LogP contribution is 2.10. The predicted molar refractivity (Wildman–Crippen MR) is 103 cm³/mol. The number of benzene rings is 1. The number of rotatable bonds is 11. The van der Waals surface area contributed by atoms with Gasteiger partial charge in [0.15, 0.2) is 0 Å². The van der Waals surface area contributed by atoms with Crippen molar-refractivity contribution in [3.8, 4) is 0 Å². The Bertz CT molecular complexity index is 451. The highest BCUT2D eigenvalue weighted by Gasteiger charge is 2.05. The summed E-state index contributed by atoms with van der Waals surface area (Å²) in [5, 5.41) is 0. The molecule has 24 heavy (non-hydrogen) atoms. The van der Waals surface area contributed by atoms with Crippen molar-refractivity contribution in [2.45, 2.75) is 89.4 Å². The summed E-state index contributed by atoms with van der Waals surface area (Å²) in [6, 6.07) is 7.42. The second-order valence-corrected chi connectivity index (χ2v) is 7.39. The molecule has 142 valence electrons. The van der Waals surface area contributed by atoms with Gasteiger partial charge in [-0.25, -0.2) is 0 Å². The molecule has 0 bridgehead atoms. The van der Waals surface area contributed by atoms with E-state index in [4.69, 9.17) is 4.55 Å². The van der Waals surface area contributed by atoms with Gasteiger partial charge in [0.2, 0.25) is 0 Å². The molecule has 0 aromatic heterocycles. The molecule has 0 heterocycles. The van der Waals surface area contributed by atoms with Crippen LogP contribution in [0.2, 0.25) is 0 Å². The van der Waals surface area contributed by atoms with Crippen LogP contribution in [0.4, 0.5) is 0 Å². The third kappa shape index (κ3) is 16.0. The lowest BCUT2D eigenvalue weighted by Crippen LogP contribution is -1.96. The van der Waals surface area contributed by atoms with E-state index in [1.54, 1.807) is 18.2 Å². The summed E-state index contributed by atoms with van der Waals surface area (Å²) < 4.78 is 29.2. The van der Waals surface area contributed by atoms with Gasteiger partial charge in [-0.1, -0.05) is 103 Å². The average molecular weight is 360 g/mol. The molecule has 0 unspecified atom stereocenters. The van der Waals surface area contributed by atoms with Crippen LogP contribution in [0.25, 0.3) is 0 Å². The van der Waals surface area contributed by atoms with Gasteiger partial charge in [-0.05, 0) is 12.1 Å². The van der Waals surface area contributed by atoms with Crippen molar-refractivity contribution in [2.75, 3.05) is 0 Å². The molecule has 0 saturated carbocycles. The zero-order chi connectivity index (χ0) is 17.4. The summed E-state index contributed by atoms with van der Waals surface area (Å²) in [6.45, 7) is 4.56. The van der Waals surface area contributed by atoms with Gasteiger partial charge in [0.05, 0.1) is 4.90 Å². The van der Waals surface area contributed by atoms with Gasteiger partial charge in [0.25, 0.3) is 10.1 Å². The number of unbranched alkanes of at least 4 members (excludes halogenated alkanes) is 10. The van der Waals surface area contributed by atoms with E-state index in [-0.39, 0.29) is 11.0 Å². The molecule has 1 aromatic carbocycles. The standard InChI is InChI=1S/C13H28.C6H6O3S.H3N/c1-3-5-7-9-11-13-12-10-8-6-4-2;7-10(8,9)6-4-2-1-3-5-6;/h3-13H2,1-2H3;1-5H,(H,7,8,9);1H3. The minimum atomic E-state index is -4.00. The van der Waals surface area contributed by atoms with Gasteiger partial charge in [0, 0.05) is 0 Å². The van der Waals surface area contributed by atoms with E-state index in [0.29, 0.717) is 0 Å². The third-order valence-electron chi connectivity index (χ3n) is 3.75. The maximum atomic E-state index is 10.4. The van der Waals surface area contributed by atoms with Crippen molar-refractivity contribution in [1.82, 2.24) is 6.15 Å². The van der Waals surface area contributed by atoms with Crippen molar-refractivity contribution in [3.63, 3.8) is 0 Å². The minimum Gasteiger partial charge on any atom is -0.344 e. The molecule has 0 spiro atoms. The van der Waals surface area contributed by atoms with Crippen LogP contribution in [0.1, 0.15) is 84.5 Å². The number of hydrogen-bond donors (Lipinski definition) is 2. The second kappa shape index (κ2) is 16.9. The molecule has 0 aliphatic carbocycles. The van der Waals surface area contributed by atoms with E-state index in [1.165, 1.54) is 82.8 Å². The number of hydrogen-bond acceptors (Lipinski definition) is 3. The first-order valence-electron chi connectivity index (χ1n) is 9.04. The zero-order valence-electron chi connectivity index (χ0n) is 15.5. The van der Waals surface area contributed by atoms with Crippen LogP contribution in [0.15, 0.2) is 35.2 Å². The Kier molecular flexibility index (Phi) is 17.9. The Morgan fingerprint density at radius 1 is 0.708 bits per heavy atom. The van der Waals surface area contributed by atoms with Gasteiger partial charge in [-0.15, -0.1) is 0 Å². The summed E-state index contributed by atoms with van der Waals surface area (Å²) in [6.07, 6.45) is 15.9. The smallest absolute Gasteiger partial charge is 0.294 e. The molecule has 0 radical (unpaired) electrons. The topological polar surface area (TPSA) is 89.4 Å². The molecule has 1 rings (SSSR count). The van der Waals surface area contributed by atoms with E-state index in [9.17, 15) is 8.42 Å². The molecular formula is C19H37NO3S. The van der Waals surface area contributed by atoms with E-state index in [0.717, 1.165) is 0 Å². The second-order valence-electron chi connectivity index (χ2n) is 5.97. The van der Waals surface area contributed by atoms with Crippen molar-refractivity contribution in [2.24, 2.45) is 0 Å². The minimum absolute atomic E-state index is 0. The molecule has 1 aromatic rings. The SMILES string of the molecule is CCCCCCCCCCCCC.N.O=S(=O)(O)c1ccccc1. The fraction of sp³-hybridized carbons (Fsp3) is 0.684. The lowest BCUT2D eigenvalue weighted by atomic mass is 10.1. The first-order chi connectivity index (χ1) is 11.0. The van der Waals surface area contributed by atoms with Crippen molar-refractivity contribution < 1.29 is 13.0 Å². The molecule has 0 atom stereocenters.